The van der Waals surface area contributed by atoms with Gasteiger partial charge < -0.3 is 9.84 Å². The molecule has 0 saturated heterocycles. The summed E-state index contributed by atoms with van der Waals surface area (Å²) in [6, 6.07) is 7.97. The summed E-state index contributed by atoms with van der Waals surface area (Å²) in [5.41, 5.74) is 0. The van der Waals surface area contributed by atoms with Crippen LogP contribution in [0.2, 0.25) is 0 Å². The second-order valence-electron chi connectivity index (χ2n) is 3.29. The van der Waals surface area contributed by atoms with E-state index in [-0.39, 0.29) is 12.7 Å². The Bertz CT molecular complexity index is 283. The van der Waals surface area contributed by atoms with Crippen molar-refractivity contribution in [3.8, 4) is 5.75 Å². The van der Waals surface area contributed by atoms with Gasteiger partial charge in [0.15, 0.2) is 0 Å². The highest BCUT2D eigenvalue weighted by atomic mass is 127. The molecule has 0 heterocycles. The van der Waals surface area contributed by atoms with Gasteiger partial charge in [0.2, 0.25) is 0 Å². The van der Waals surface area contributed by atoms with Gasteiger partial charge in [-0.3, -0.25) is 0 Å². The summed E-state index contributed by atoms with van der Waals surface area (Å²) in [6.07, 6.45) is 1.23. The van der Waals surface area contributed by atoms with Crippen LogP contribution in [0.4, 0.5) is 0 Å². The molecule has 13 heavy (non-hydrogen) atoms. The maximum absolute atomic E-state index is 8.82. The quantitative estimate of drug-likeness (QED) is 0.863. The zero-order chi connectivity index (χ0) is 9.26. The lowest BCUT2D eigenvalue weighted by molar-refractivity contribution is 0.224. The van der Waals surface area contributed by atoms with Gasteiger partial charge in [0.25, 0.3) is 0 Å². The Kier molecular flexibility index (Phi) is 2.74. The monoisotopic (exact) mass is 290 g/mol. The van der Waals surface area contributed by atoms with Crippen molar-refractivity contribution in [2.24, 2.45) is 5.92 Å². The topological polar surface area (TPSA) is 29.5 Å². The van der Waals surface area contributed by atoms with Gasteiger partial charge in [-0.2, -0.15) is 0 Å². The van der Waals surface area contributed by atoms with Crippen molar-refractivity contribution in [1.29, 1.82) is 0 Å². The van der Waals surface area contributed by atoms with Gasteiger partial charge in [-0.15, -0.1) is 0 Å². The Labute approximate surface area is 91.1 Å². The van der Waals surface area contributed by atoms with Crippen LogP contribution in [-0.2, 0) is 0 Å². The molecule has 3 heteroatoms. The fourth-order valence-corrected chi connectivity index (χ4v) is 1.60. The fraction of sp³-hybridized carbons (Fsp3) is 0.400. The number of ether oxygens (including phenoxy) is 1. The summed E-state index contributed by atoms with van der Waals surface area (Å²) in [4.78, 5) is 0. The lowest BCUT2D eigenvalue weighted by atomic mass is 10.3. The van der Waals surface area contributed by atoms with Crippen LogP contribution in [0.3, 0.4) is 0 Å². The Hall–Kier alpha value is -0.290. The number of rotatable bonds is 3. The smallest absolute Gasteiger partial charge is 0.119 e. The minimum atomic E-state index is 0.241. The molecule has 0 aliphatic heterocycles. The lowest BCUT2D eigenvalue weighted by Crippen LogP contribution is -2.02. The molecule has 1 aliphatic rings. The van der Waals surface area contributed by atoms with Crippen molar-refractivity contribution in [1.82, 2.24) is 0 Å². The molecular formula is C10H11IO2. The van der Waals surface area contributed by atoms with Gasteiger partial charge in [0.1, 0.15) is 11.9 Å². The third-order valence-corrected chi connectivity index (χ3v) is 2.91. The van der Waals surface area contributed by atoms with Crippen LogP contribution in [0.25, 0.3) is 0 Å². The highest BCUT2D eigenvalue weighted by Gasteiger charge is 2.38. The van der Waals surface area contributed by atoms with Gasteiger partial charge in [-0.25, -0.2) is 0 Å². The molecule has 2 unspecified atom stereocenters. The summed E-state index contributed by atoms with van der Waals surface area (Å²) in [5.74, 6) is 1.26. The zero-order valence-corrected chi connectivity index (χ0v) is 9.27. The fourth-order valence-electron chi connectivity index (χ4n) is 1.24. The second-order valence-corrected chi connectivity index (χ2v) is 4.53. The normalized spacial score (nSPS) is 25.7. The SMILES string of the molecule is OCC1CC1Oc1ccc(I)cc1. The molecule has 1 aliphatic carbocycles. The Morgan fingerprint density at radius 3 is 2.62 bits per heavy atom. The van der Waals surface area contributed by atoms with E-state index >= 15 is 0 Å². The van der Waals surface area contributed by atoms with Crippen molar-refractivity contribution in [2.45, 2.75) is 12.5 Å². The number of halogens is 1. The molecule has 2 rings (SSSR count). The molecule has 1 aromatic rings. The minimum absolute atomic E-state index is 0.241. The largest absolute Gasteiger partial charge is 0.490 e. The Balaban J connectivity index is 1.92. The van der Waals surface area contributed by atoms with Crippen molar-refractivity contribution < 1.29 is 9.84 Å². The van der Waals surface area contributed by atoms with Crippen LogP contribution < -0.4 is 4.74 Å². The third-order valence-electron chi connectivity index (χ3n) is 2.19. The molecule has 0 bridgehead atoms. The third kappa shape index (κ3) is 2.34. The molecule has 1 saturated carbocycles. The van der Waals surface area contributed by atoms with E-state index in [1.807, 2.05) is 24.3 Å². The molecule has 1 aromatic carbocycles. The molecule has 70 valence electrons. The van der Waals surface area contributed by atoms with E-state index in [0.29, 0.717) is 5.92 Å². The lowest BCUT2D eigenvalue weighted by Gasteiger charge is -2.04. The number of aliphatic hydroxyl groups is 1. The van der Waals surface area contributed by atoms with Crippen molar-refractivity contribution in [2.75, 3.05) is 6.61 Å². The van der Waals surface area contributed by atoms with E-state index in [4.69, 9.17) is 9.84 Å². The molecule has 0 radical (unpaired) electrons. The molecule has 2 nitrogen and oxygen atoms in total. The van der Waals surface area contributed by atoms with Crippen LogP contribution in [0.1, 0.15) is 6.42 Å². The molecule has 1 N–H and O–H groups in total. The highest BCUT2D eigenvalue weighted by Crippen LogP contribution is 2.34. The number of hydrogen-bond donors (Lipinski definition) is 1. The van der Waals surface area contributed by atoms with Crippen molar-refractivity contribution in [3.63, 3.8) is 0 Å². The predicted molar refractivity (Wildman–Crippen MR) is 58.8 cm³/mol. The summed E-state index contributed by atoms with van der Waals surface area (Å²) in [5, 5.41) is 8.82. The summed E-state index contributed by atoms with van der Waals surface area (Å²) in [7, 11) is 0. The van der Waals surface area contributed by atoms with E-state index in [0.717, 1.165) is 12.2 Å². The summed E-state index contributed by atoms with van der Waals surface area (Å²) in [6.45, 7) is 0.245. The van der Waals surface area contributed by atoms with Crippen LogP contribution >= 0.6 is 22.6 Å². The predicted octanol–water partition coefficient (Wildman–Crippen LogP) is 2.05. The van der Waals surface area contributed by atoms with Crippen LogP contribution in [0.15, 0.2) is 24.3 Å². The molecular weight excluding hydrogens is 279 g/mol. The Morgan fingerprint density at radius 2 is 2.08 bits per heavy atom. The summed E-state index contributed by atoms with van der Waals surface area (Å²) >= 11 is 2.26. The van der Waals surface area contributed by atoms with Gasteiger partial charge in [-0.05, 0) is 53.3 Å². The molecule has 0 amide bonds. The maximum Gasteiger partial charge on any atom is 0.119 e. The minimum Gasteiger partial charge on any atom is -0.490 e. The van der Waals surface area contributed by atoms with Crippen LogP contribution in [0.5, 0.6) is 5.75 Å². The van der Waals surface area contributed by atoms with Crippen LogP contribution in [0, 0.1) is 9.49 Å². The second kappa shape index (κ2) is 3.84. The Morgan fingerprint density at radius 1 is 1.38 bits per heavy atom. The number of aliphatic hydroxyl groups excluding tert-OH is 1. The zero-order valence-electron chi connectivity index (χ0n) is 7.11. The van der Waals surface area contributed by atoms with E-state index in [1.165, 1.54) is 3.57 Å². The first-order chi connectivity index (χ1) is 6.29. The van der Waals surface area contributed by atoms with Gasteiger partial charge in [-0.1, -0.05) is 0 Å². The average Bonchev–Trinajstić information content (AvgIpc) is 2.88. The van der Waals surface area contributed by atoms with Crippen LogP contribution in [-0.4, -0.2) is 17.8 Å². The van der Waals surface area contributed by atoms with E-state index in [1.54, 1.807) is 0 Å². The average molecular weight is 290 g/mol. The van der Waals surface area contributed by atoms with Gasteiger partial charge in [0.05, 0.1) is 0 Å². The van der Waals surface area contributed by atoms with E-state index in [9.17, 15) is 0 Å². The summed E-state index contributed by atoms with van der Waals surface area (Å²) < 4.78 is 6.83. The van der Waals surface area contributed by atoms with E-state index < -0.39 is 0 Å². The van der Waals surface area contributed by atoms with Crippen molar-refractivity contribution >= 4 is 22.6 Å². The highest BCUT2D eigenvalue weighted by molar-refractivity contribution is 14.1. The first-order valence-electron chi connectivity index (χ1n) is 4.32. The number of benzene rings is 1. The first-order valence-corrected chi connectivity index (χ1v) is 5.40. The molecule has 1 fully saturated rings. The first kappa shape index (κ1) is 9.27. The molecule has 0 spiro atoms. The van der Waals surface area contributed by atoms with Gasteiger partial charge >= 0.3 is 0 Å². The molecule has 0 aromatic heterocycles. The van der Waals surface area contributed by atoms with E-state index in [2.05, 4.69) is 22.6 Å². The van der Waals surface area contributed by atoms with Crippen molar-refractivity contribution in [3.05, 3.63) is 27.8 Å². The maximum atomic E-state index is 8.82. The molecule has 2 atom stereocenters. The standard InChI is InChI=1S/C10H11IO2/c11-8-1-3-9(4-2-8)13-10-5-7(10)6-12/h1-4,7,10,12H,5-6H2. The number of hydrogen-bond acceptors (Lipinski definition) is 2. The van der Waals surface area contributed by atoms with Gasteiger partial charge in [0, 0.05) is 16.1 Å².